The summed E-state index contributed by atoms with van der Waals surface area (Å²) in [5, 5.41) is 2.64. The van der Waals surface area contributed by atoms with Gasteiger partial charge in [-0.2, -0.15) is 4.31 Å². The van der Waals surface area contributed by atoms with E-state index in [4.69, 9.17) is 0 Å². The highest BCUT2D eigenvalue weighted by Crippen LogP contribution is 2.21. The molecule has 1 fully saturated rings. The number of amides is 1. The lowest BCUT2D eigenvalue weighted by Crippen LogP contribution is -2.35. The van der Waals surface area contributed by atoms with Crippen LogP contribution in [0.4, 0.5) is 0 Å². The van der Waals surface area contributed by atoms with Gasteiger partial charge in [-0.15, -0.1) is 0 Å². The molecular formula is C15H20N2O3S. The summed E-state index contributed by atoms with van der Waals surface area (Å²) in [5.74, 6) is -0.278. The summed E-state index contributed by atoms with van der Waals surface area (Å²) in [4.78, 5) is 11.4. The van der Waals surface area contributed by atoms with Gasteiger partial charge in [-0.25, -0.2) is 8.42 Å². The van der Waals surface area contributed by atoms with E-state index in [2.05, 4.69) is 11.9 Å². The maximum absolute atomic E-state index is 12.6. The fourth-order valence-electron chi connectivity index (χ4n) is 2.33. The third-order valence-corrected chi connectivity index (χ3v) is 5.40. The maximum Gasteiger partial charge on any atom is 0.243 e. The van der Waals surface area contributed by atoms with Crippen molar-refractivity contribution in [2.24, 2.45) is 0 Å². The zero-order chi connectivity index (χ0) is 15.3. The SMILES string of the molecule is C=CC(=O)NCc1cccc(S(=O)(=O)N2CCCCC2)c1. The number of nitrogens with one attached hydrogen (secondary N) is 1. The van der Waals surface area contributed by atoms with Gasteiger partial charge in [0, 0.05) is 19.6 Å². The van der Waals surface area contributed by atoms with Crippen molar-refractivity contribution in [2.75, 3.05) is 13.1 Å². The molecule has 21 heavy (non-hydrogen) atoms. The third-order valence-electron chi connectivity index (χ3n) is 3.50. The average molecular weight is 308 g/mol. The molecule has 1 aromatic carbocycles. The smallest absolute Gasteiger partial charge is 0.243 e. The van der Waals surface area contributed by atoms with Gasteiger partial charge in [0.05, 0.1) is 4.90 Å². The number of rotatable bonds is 5. The van der Waals surface area contributed by atoms with Gasteiger partial charge in [0.1, 0.15) is 0 Å². The molecule has 5 nitrogen and oxygen atoms in total. The summed E-state index contributed by atoms with van der Waals surface area (Å²) in [7, 11) is -3.43. The summed E-state index contributed by atoms with van der Waals surface area (Å²) in [6.45, 7) is 4.83. The molecule has 114 valence electrons. The van der Waals surface area contributed by atoms with Crippen molar-refractivity contribution in [1.82, 2.24) is 9.62 Å². The van der Waals surface area contributed by atoms with Gasteiger partial charge in [0.25, 0.3) is 0 Å². The Labute approximate surface area is 125 Å². The molecule has 1 aliphatic rings. The molecule has 0 aromatic heterocycles. The van der Waals surface area contributed by atoms with Crippen LogP contribution in [0.25, 0.3) is 0 Å². The van der Waals surface area contributed by atoms with Crippen LogP contribution in [0.5, 0.6) is 0 Å². The van der Waals surface area contributed by atoms with E-state index in [9.17, 15) is 13.2 Å². The Hall–Kier alpha value is -1.66. The molecule has 1 heterocycles. The molecule has 0 radical (unpaired) electrons. The van der Waals surface area contributed by atoms with Crippen LogP contribution in [0.1, 0.15) is 24.8 Å². The predicted molar refractivity (Wildman–Crippen MR) is 81.1 cm³/mol. The number of nitrogens with zero attached hydrogens (tertiary/aromatic N) is 1. The molecule has 1 saturated heterocycles. The minimum absolute atomic E-state index is 0.278. The third kappa shape index (κ3) is 3.92. The maximum atomic E-state index is 12.6. The summed E-state index contributed by atoms with van der Waals surface area (Å²) >= 11 is 0. The highest BCUT2D eigenvalue weighted by molar-refractivity contribution is 7.89. The van der Waals surface area contributed by atoms with Crippen molar-refractivity contribution >= 4 is 15.9 Å². The quantitative estimate of drug-likeness (QED) is 0.841. The molecule has 0 unspecified atom stereocenters. The van der Waals surface area contributed by atoms with Crippen LogP contribution in [-0.4, -0.2) is 31.7 Å². The number of hydrogen-bond donors (Lipinski definition) is 1. The van der Waals surface area contributed by atoms with E-state index in [1.807, 2.05) is 0 Å². The standard InChI is InChI=1S/C15H20N2O3S/c1-2-15(18)16-12-13-7-6-8-14(11-13)21(19,20)17-9-4-3-5-10-17/h2,6-8,11H,1,3-5,9-10,12H2,(H,16,18). The number of sulfonamides is 1. The number of benzene rings is 1. The summed E-state index contributed by atoms with van der Waals surface area (Å²) in [6, 6.07) is 6.71. The first-order valence-corrected chi connectivity index (χ1v) is 8.47. The van der Waals surface area contributed by atoms with Crippen molar-refractivity contribution in [3.8, 4) is 0 Å². The first-order valence-electron chi connectivity index (χ1n) is 7.03. The van der Waals surface area contributed by atoms with Crippen molar-refractivity contribution in [1.29, 1.82) is 0 Å². The predicted octanol–water partition coefficient (Wildman–Crippen LogP) is 1.66. The van der Waals surface area contributed by atoms with Crippen LogP contribution >= 0.6 is 0 Å². The van der Waals surface area contributed by atoms with E-state index in [0.29, 0.717) is 13.1 Å². The van der Waals surface area contributed by atoms with Gasteiger partial charge >= 0.3 is 0 Å². The van der Waals surface area contributed by atoms with Crippen molar-refractivity contribution in [2.45, 2.75) is 30.7 Å². The number of carbonyl (C=O) groups is 1. The molecule has 2 rings (SSSR count). The Morgan fingerprint density at radius 2 is 2.00 bits per heavy atom. The van der Waals surface area contributed by atoms with Crippen LogP contribution in [0.15, 0.2) is 41.8 Å². The second-order valence-electron chi connectivity index (χ2n) is 5.03. The normalized spacial score (nSPS) is 16.4. The molecule has 1 N–H and O–H groups in total. The summed E-state index contributed by atoms with van der Waals surface area (Å²) in [6.07, 6.45) is 4.09. The lowest BCUT2D eigenvalue weighted by molar-refractivity contribution is -0.116. The molecule has 0 bridgehead atoms. The first kappa shape index (κ1) is 15.7. The van der Waals surface area contributed by atoms with Crippen molar-refractivity contribution in [3.05, 3.63) is 42.5 Å². The molecule has 0 atom stereocenters. The number of carbonyl (C=O) groups excluding carboxylic acids is 1. The van der Waals surface area contributed by atoms with Crippen LogP contribution in [0, 0.1) is 0 Å². The Bertz CT molecular complexity index is 620. The molecule has 0 spiro atoms. The molecular weight excluding hydrogens is 288 g/mol. The topological polar surface area (TPSA) is 66.5 Å². The second kappa shape index (κ2) is 6.87. The van der Waals surface area contributed by atoms with E-state index in [-0.39, 0.29) is 17.3 Å². The van der Waals surface area contributed by atoms with Gasteiger partial charge in [-0.05, 0) is 36.6 Å². The Balaban J connectivity index is 2.15. The number of piperidine rings is 1. The minimum Gasteiger partial charge on any atom is -0.348 e. The number of hydrogen-bond acceptors (Lipinski definition) is 3. The van der Waals surface area contributed by atoms with E-state index in [1.165, 1.54) is 10.4 Å². The molecule has 1 amide bonds. The molecule has 0 aliphatic carbocycles. The van der Waals surface area contributed by atoms with Gasteiger partial charge in [0.15, 0.2) is 0 Å². The minimum atomic E-state index is -3.43. The van der Waals surface area contributed by atoms with Crippen molar-refractivity contribution in [3.63, 3.8) is 0 Å². The lowest BCUT2D eigenvalue weighted by Gasteiger charge is -2.26. The van der Waals surface area contributed by atoms with Crippen LogP contribution in [-0.2, 0) is 21.4 Å². The fourth-order valence-corrected chi connectivity index (χ4v) is 3.92. The van der Waals surface area contributed by atoms with Crippen LogP contribution in [0.2, 0.25) is 0 Å². The first-order chi connectivity index (χ1) is 10.0. The Kier molecular flexibility index (Phi) is 5.14. The van der Waals surface area contributed by atoms with Gasteiger partial charge in [-0.3, -0.25) is 4.79 Å². The fraction of sp³-hybridized carbons (Fsp3) is 0.400. The van der Waals surface area contributed by atoms with Crippen molar-refractivity contribution < 1.29 is 13.2 Å². The monoisotopic (exact) mass is 308 g/mol. The second-order valence-corrected chi connectivity index (χ2v) is 6.97. The zero-order valence-corrected chi connectivity index (χ0v) is 12.7. The average Bonchev–Trinajstić information content (AvgIpc) is 2.53. The van der Waals surface area contributed by atoms with E-state index in [1.54, 1.807) is 24.3 Å². The largest absolute Gasteiger partial charge is 0.348 e. The van der Waals surface area contributed by atoms with Gasteiger partial charge in [-0.1, -0.05) is 25.1 Å². The Morgan fingerprint density at radius 1 is 1.29 bits per heavy atom. The molecule has 1 aliphatic heterocycles. The highest BCUT2D eigenvalue weighted by atomic mass is 32.2. The highest BCUT2D eigenvalue weighted by Gasteiger charge is 2.25. The molecule has 1 aromatic rings. The van der Waals surface area contributed by atoms with E-state index in [0.717, 1.165) is 24.8 Å². The summed E-state index contributed by atoms with van der Waals surface area (Å²) < 4.78 is 26.7. The van der Waals surface area contributed by atoms with Gasteiger partial charge in [0.2, 0.25) is 15.9 Å². The van der Waals surface area contributed by atoms with Crippen LogP contribution < -0.4 is 5.32 Å². The van der Waals surface area contributed by atoms with Gasteiger partial charge < -0.3 is 5.32 Å². The van der Waals surface area contributed by atoms with E-state index >= 15 is 0 Å². The molecule has 0 saturated carbocycles. The zero-order valence-electron chi connectivity index (χ0n) is 11.9. The van der Waals surface area contributed by atoms with Crippen LogP contribution in [0.3, 0.4) is 0 Å². The Morgan fingerprint density at radius 3 is 2.67 bits per heavy atom. The van der Waals surface area contributed by atoms with E-state index < -0.39 is 10.0 Å². The summed E-state index contributed by atoms with van der Waals surface area (Å²) in [5.41, 5.74) is 0.753. The lowest BCUT2D eigenvalue weighted by atomic mass is 10.2. The molecule has 6 heteroatoms.